The van der Waals surface area contributed by atoms with Crippen molar-refractivity contribution in [3.63, 3.8) is 0 Å². The molecule has 1 aromatic carbocycles. The van der Waals surface area contributed by atoms with Gasteiger partial charge in [0.25, 0.3) is 0 Å². The third-order valence-corrected chi connectivity index (χ3v) is 5.39. The lowest BCUT2D eigenvalue weighted by Crippen LogP contribution is -2.41. The van der Waals surface area contributed by atoms with Gasteiger partial charge in [-0.1, -0.05) is 51.1 Å². The zero-order chi connectivity index (χ0) is 15.0. The maximum absolute atomic E-state index is 12.9. The Morgan fingerprint density at radius 3 is 2.48 bits per heavy atom. The fourth-order valence-electron chi connectivity index (χ4n) is 3.50. The minimum Gasteiger partial charge on any atom is -0.325 e. The number of hydrogen-bond acceptors (Lipinski definition) is 2. The van der Waals surface area contributed by atoms with Crippen LogP contribution in [0, 0.1) is 11.3 Å². The number of amides is 1. The van der Waals surface area contributed by atoms with Crippen molar-refractivity contribution in [2.24, 2.45) is 11.3 Å². The Morgan fingerprint density at radius 1 is 1.29 bits per heavy atom. The van der Waals surface area contributed by atoms with E-state index in [1.807, 2.05) is 30.3 Å². The lowest BCUT2D eigenvalue weighted by atomic mass is 9.91. The Balaban J connectivity index is 1.79. The van der Waals surface area contributed by atoms with Gasteiger partial charge in [0, 0.05) is 6.54 Å². The van der Waals surface area contributed by atoms with Gasteiger partial charge in [-0.25, -0.2) is 0 Å². The van der Waals surface area contributed by atoms with E-state index in [0.29, 0.717) is 11.3 Å². The predicted molar refractivity (Wildman–Crippen MR) is 84.6 cm³/mol. The molecule has 3 heteroatoms. The van der Waals surface area contributed by atoms with Crippen molar-refractivity contribution < 1.29 is 4.79 Å². The second-order valence-corrected chi connectivity index (χ2v) is 6.92. The second-order valence-electron chi connectivity index (χ2n) is 6.92. The maximum Gasteiger partial charge on any atom is 0.245 e. The standard InChI is InChI=1S/C18H26N2O/c1-4-15-19-16(14-8-6-5-7-9-14)17(21)20(15)12-18(10-11-18)13(2)3/h5-9,13,15-16,19H,4,10-12H2,1-3H3. The highest BCUT2D eigenvalue weighted by atomic mass is 16.2. The van der Waals surface area contributed by atoms with Crippen molar-refractivity contribution in [1.29, 1.82) is 0 Å². The van der Waals surface area contributed by atoms with E-state index in [9.17, 15) is 4.79 Å². The fraction of sp³-hybridized carbons (Fsp3) is 0.611. The molecule has 1 N–H and O–H groups in total. The lowest BCUT2D eigenvalue weighted by Gasteiger charge is -2.30. The van der Waals surface area contributed by atoms with Crippen molar-refractivity contribution in [3.05, 3.63) is 35.9 Å². The van der Waals surface area contributed by atoms with Gasteiger partial charge in [0.15, 0.2) is 0 Å². The molecule has 1 saturated heterocycles. The van der Waals surface area contributed by atoms with Crippen molar-refractivity contribution in [1.82, 2.24) is 10.2 Å². The van der Waals surface area contributed by atoms with E-state index in [1.165, 1.54) is 12.8 Å². The molecule has 1 amide bonds. The van der Waals surface area contributed by atoms with Crippen LogP contribution >= 0.6 is 0 Å². The SMILES string of the molecule is CCC1NC(c2ccccc2)C(=O)N1CC1(C(C)C)CC1. The maximum atomic E-state index is 12.9. The Hall–Kier alpha value is -1.35. The molecule has 2 unspecified atom stereocenters. The van der Waals surface area contributed by atoms with E-state index in [4.69, 9.17) is 0 Å². The molecule has 114 valence electrons. The molecule has 0 radical (unpaired) electrons. The largest absolute Gasteiger partial charge is 0.325 e. The average molecular weight is 286 g/mol. The van der Waals surface area contributed by atoms with Crippen LogP contribution < -0.4 is 5.32 Å². The fourth-order valence-corrected chi connectivity index (χ4v) is 3.50. The number of rotatable bonds is 5. The molecule has 3 rings (SSSR count). The van der Waals surface area contributed by atoms with Gasteiger partial charge in [0.1, 0.15) is 6.04 Å². The number of nitrogens with zero attached hydrogens (tertiary/aromatic N) is 1. The van der Waals surface area contributed by atoms with Crippen LogP contribution in [0.2, 0.25) is 0 Å². The summed E-state index contributed by atoms with van der Waals surface area (Å²) in [6.07, 6.45) is 3.67. The molecule has 2 aliphatic rings. The molecule has 0 bridgehead atoms. The number of hydrogen-bond donors (Lipinski definition) is 1. The summed E-state index contributed by atoms with van der Waals surface area (Å²) in [5, 5.41) is 3.52. The highest BCUT2D eigenvalue weighted by Gasteiger charge is 2.50. The van der Waals surface area contributed by atoms with Crippen LogP contribution in [0.5, 0.6) is 0 Å². The molecule has 2 fully saturated rings. The molecule has 1 saturated carbocycles. The smallest absolute Gasteiger partial charge is 0.245 e. The van der Waals surface area contributed by atoms with Crippen molar-refractivity contribution >= 4 is 5.91 Å². The molecule has 1 aromatic rings. The Kier molecular flexibility index (Phi) is 3.78. The summed E-state index contributed by atoms with van der Waals surface area (Å²) in [5.74, 6) is 0.901. The number of benzene rings is 1. The van der Waals surface area contributed by atoms with Crippen LogP contribution in [-0.4, -0.2) is 23.5 Å². The summed E-state index contributed by atoms with van der Waals surface area (Å²) < 4.78 is 0. The van der Waals surface area contributed by atoms with Gasteiger partial charge in [-0.15, -0.1) is 0 Å². The lowest BCUT2D eigenvalue weighted by molar-refractivity contribution is -0.131. The molecule has 1 heterocycles. The molecule has 0 spiro atoms. The Bertz CT molecular complexity index is 507. The number of nitrogens with one attached hydrogen (secondary N) is 1. The third-order valence-electron chi connectivity index (χ3n) is 5.39. The molecular formula is C18H26N2O. The number of carbonyl (C=O) groups excluding carboxylic acids is 1. The van der Waals surface area contributed by atoms with Crippen LogP contribution in [0.3, 0.4) is 0 Å². The Labute approximate surface area is 127 Å². The molecule has 2 atom stereocenters. The quantitative estimate of drug-likeness (QED) is 0.900. The van der Waals surface area contributed by atoms with Crippen molar-refractivity contribution in [2.45, 2.75) is 52.2 Å². The minimum atomic E-state index is -0.167. The Morgan fingerprint density at radius 2 is 1.95 bits per heavy atom. The van der Waals surface area contributed by atoms with Crippen LogP contribution in [0.25, 0.3) is 0 Å². The minimum absolute atomic E-state index is 0.167. The van der Waals surface area contributed by atoms with Crippen LogP contribution in [-0.2, 0) is 4.79 Å². The van der Waals surface area contributed by atoms with E-state index in [1.54, 1.807) is 0 Å². The zero-order valence-electron chi connectivity index (χ0n) is 13.3. The third kappa shape index (κ3) is 2.59. The van der Waals surface area contributed by atoms with Gasteiger partial charge < -0.3 is 4.90 Å². The summed E-state index contributed by atoms with van der Waals surface area (Å²) in [4.78, 5) is 15.0. The first-order valence-corrected chi connectivity index (χ1v) is 8.19. The van der Waals surface area contributed by atoms with Crippen LogP contribution in [0.4, 0.5) is 0 Å². The summed E-state index contributed by atoms with van der Waals surface area (Å²) in [6.45, 7) is 7.64. The van der Waals surface area contributed by atoms with Gasteiger partial charge in [-0.3, -0.25) is 10.1 Å². The molecular weight excluding hydrogens is 260 g/mol. The summed E-state index contributed by atoms with van der Waals surface area (Å²) in [6, 6.07) is 9.92. The first-order chi connectivity index (χ1) is 10.1. The van der Waals surface area contributed by atoms with E-state index in [0.717, 1.165) is 18.5 Å². The monoisotopic (exact) mass is 286 g/mol. The van der Waals surface area contributed by atoms with E-state index in [-0.39, 0.29) is 18.1 Å². The van der Waals surface area contributed by atoms with E-state index < -0.39 is 0 Å². The van der Waals surface area contributed by atoms with Gasteiger partial charge in [-0.05, 0) is 36.2 Å². The molecule has 0 aromatic heterocycles. The molecule has 1 aliphatic carbocycles. The topological polar surface area (TPSA) is 32.3 Å². The molecule has 3 nitrogen and oxygen atoms in total. The average Bonchev–Trinajstić information content (AvgIpc) is 3.21. The second kappa shape index (κ2) is 5.45. The van der Waals surface area contributed by atoms with Gasteiger partial charge in [0.2, 0.25) is 5.91 Å². The normalized spacial score (nSPS) is 27.4. The highest BCUT2D eigenvalue weighted by molar-refractivity contribution is 5.85. The van der Waals surface area contributed by atoms with Crippen molar-refractivity contribution in [2.75, 3.05) is 6.54 Å². The summed E-state index contributed by atoms with van der Waals surface area (Å²) in [5.41, 5.74) is 1.45. The van der Waals surface area contributed by atoms with Gasteiger partial charge >= 0.3 is 0 Å². The molecule has 21 heavy (non-hydrogen) atoms. The van der Waals surface area contributed by atoms with E-state index >= 15 is 0 Å². The van der Waals surface area contributed by atoms with Gasteiger partial charge in [-0.2, -0.15) is 0 Å². The highest BCUT2D eigenvalue weighted by Crippen LogP contribution is 2.53. The summed E-state index contributed by atoms with van der Waals surface area (Å²) in [7, 11) is 0. The molecule has 1 aliphatic heterocycles. The first kappa shape index (κ1) is 14.6. The number of carbonyl (C=O) groups is 1. The first-order valence-electron chi connectivity index (χ1n) is 8.19. The van der Waals surface area contributed by atoms with Crippen LogP contribution in [0.1, 0.15) is 51.6 Å². The zero-order valence-corrected chi connectivity index (χ0v) is 13.3. The van der Waals surface area contributed by atoms with Gasteiger partial charge in [0.05, 0.1) is 6.17 Å². The van der Waals surface area contributed by atoms with Crippen molar-refractivity contribution in [3.8, 4) is 0 Å². The predicted octanol–water partition coefficient (Wildman–Crippen LogP) is 3.33. The summed E-state index contributed by atoms with van der Waals surface area (Å²) >= 11 is 0. The van der Waals surface area contributed by atoms with E-state index in [2.05, 4.69) is 31.0 Å². The van der Waals surface area contributed by atoms with Crippen LogP contribution in [0.15, 0.2) is 30.3 Å².